The third kappa shape index (κ3) is 4.38. The number of likely N-dealkylation sites (tertiary alicyclic amines) is 1. The Kier molecular flexibility index (Phi) is 5.57. The smallest absolute Gasteiger partial charge is 0.257 e. The van der Waals surface area contributed by atoms with Crippen LogP contribution in [0.15, 0.2) is 45.4 Å². The Balaban J connectivity index is 1.37. The standard InChI is InChI=1S/C20H21N5O5/c1-12-7-15(29-23-12)9-18(27)25-11-14(26)8-16(25)19(28)21-10-17-22-20(30-24-17)13-5-3-2-4-6-13/h2-7,14,16,26H,8-11H2,1H3,(H,21,28). The quantitative estimate of drug-likeness (QED) is 0.610. The van der Waals surface area contributed by atoms with Crippen molar-refractivity contribution in [2.24, 2.45) is 0 Å². The number of β-amino-alcohol motifs (C(OH)–C–C–N with tert-alkyl or cyclic N) is 1. The van der Waals surface area contributed by atoms with Crippen molar-refractivity contribution >= 4 is 11.8 Å². The second-order valence-corrected chi connectivity index (χ2v) is 7.16. The summed E-state index contributed by atoms with van der Waals surface area (Å²) >= 11 is 0. The maximum atomic E-state index is 12.7. The summed E-state index contributed by atoms with van der Waals surface area (Å²) in [5.41, 5.74) is 1.45. The molecule has 4 rings (SSSR count). The van der Waals surface area contributed by atoms with Gasteiger partial charge in [0.05, 0.1) is 24.8 Å². The van der Waals surface area contributed by atoms with Crippen LogP contribution in [0.4, 0.5) is 0 Å². The molecule has 2 atom stereocenters. The van der Waals surface area contributed by atoms with E-state index in [1.54, 1.807) is 13.0 Å². The molecule has 1 fully saturated rings. The van der Waals surface area contributed by atoms with Crippen molar-refractivity contribution < 1.29 is 23.7 Å². The fourth-order valence-corrected chi connectivity index (χ4v) is 3.40. The number of carbonyl (C=O) groups excluding carboxylic acids is 2. The van der Waals surface area contributed by atoms with Gasteiger partial charge in [-0.05, 0) is 19.1 Å². The van der Waals surface area contributed by atoms with Gasteiger partial charge in [-0.15, -0.1) is 0 Å². The fraction of sp³-hybridized carbons (Fsp3) is 0.350. The highest BCUT2D eigenvalue weighted by Gasteiger charge is 2.39. The molecule has 2 aromatic heterocycles. The lowest BCUT2D eigenvalue weighted by molar-refractivity contribution is -0.138. The maximum Gasteiger partial charge on any atom is 0.257 e. The number of nitrogens with one attached hydrogen (secondary N) is 1. The number of nitrogens with zero attached hydrogens (tertiary/aromatic N) is 4. The Hall–Kier alpha value is -3.53. The topological polar surface area (TPSA) is 135 Å². The van der Waals surface area contributed by atoms with Crippen molar-refractivity contribution in [3.63, 3.8) is 0 Å². The van der Waals surface area contributed by atoms with Gasteiger partial charge >= 0.3 is 0 Å². The van der Waals surface area contributed by atoms with Crippen LogP contribution >= 0.6 is 0 Å². The van der Waals surface area contributed by atoms with Crippen LogP contribution in [0.25, 0.3) is 11.5 Å². The molecule has 10 nitrogen and oxygen atoms in total. The van der Waals surface area contributed by atoms with E-state index in [2.05, 4.69) is 20.6 Å². The van der Waals surface area contributed by atoms with Crippen LogP contribution < -0.4 is 5.32 Å². The summed E-state index contributed by atoms with van der Waals surface area (Å²) in [7, 11) is 0. The molecule has 1 aliphatic rings. The molecule has 3 heterocycles. The molecule has 1 saturated heterocycles. The number of carbonyl (C=O) groups is 2. The minimum atomic E-state index is -0.781. The summed E-state index contributed by atoms with van der Waals surface area (Å²) in [5, 5.41) is 20.3. The number of benzene rings is 1. The predicted octanol–water partition coefficient (Wildman–Crippen LogP) is 0.854. The first-order valence-electron chi connectivity index (χ1n) is 9.55. The number of amides is 2. The molecule has 3 aromatic rings. The average Bonchev–Trinajstić information content (AvgIpc) is 3.47. The van der Waals surface area contributed by atoms with Gasteiger partial charge < -0.3 is 24.4 Å². The molecule has 30 heavy (non-hydrogen) atoms. The van der Waals surface area contributed by atoms with Crippen molar-refractivity contribution in [3.05, 3.63) is 53.7 Å². The Morgan fingerprint density at radius 1 is 1.23 bits per heavy atom. The highest BCUT2D eigenvalue weighted by atomic mass is 16.5. The zero-order valence-electron chi connectivity index (χ0n) is 16.3. The third-order valence-corrected chi connectivity index (χ3v) is 4.81. The van der Waals surface area contributed by atoms with E-state index in [-0.39, 0.29) is 37.7 Å². The number of hydrogen-bond donors (Lipinski definition) is 2. The van der Waals surface area contributed by atoms with Crippen LogP contribution in [-0.2, 0) is 22.6 Å². The zero-order chi connectivity index (χ0) is 21.1. The van der Waals surface area contributed by atoms with Crippen LogP contribution in [0.5, 0.6) is 0 Å². The molecule has 2 amide bonds. The van der Waals surface area contributed by atoms with Gasteiger partial charge in [0.1, 0.15) is 11.8 Å². The van der Waals surface area contributed by atoms with Gasteiger partial charge in [0.2, 0.25) is 11.8 Å². The van der Waals surface area contributed by atoms with Crippen LogP contribution in [-0.4, -0.2) is 55.8 Å². The molecule has 1 aromatic carbocycles. The summed E-state index contributed by atoms with van der Waals surface area (Å²) in [6.07, 6.45) is -0.632. The monoisotopic (exact) mass is 411 g/mol. The van der Waals surface area contributed by atoms with Crippen molar-refractivity contribution in [3.8, 4) is 11.5 Å². The highest BCUT2D eigenvalue weighted by molar-refractivity contribution is 5.89. The Morgan fingerprint density at radius 2 is 2.03 bits per heavy atom. The molecule has 2 unspecified atom stereocenters. The first kappa shape index (κ1) is 19.8. The van der Waals surface area contributed by atoms with Crippen molar-refractivity contribution in [2.45, 2.75) is 38.5 Å². The van der Waals surface area contributed by atoms with Crippen LogP contribution in [0.2, 0.25) is 0 Å². The van der Waals surface area contributed by atoms with E-state index in [4.69, 9.17) is 9.05 Å². The summed E-state index contributed by atoms with van der Waals surface area (Å²) in [5.74, 6) is 0.387. The number of aromatic nitrogens is 3. The van der Waals surface area contributed by atoms with Gasteiger partial charge in [0.15, 0.2) is 5.82 Å². The predicted molar refractivity (Wildman–Crippen MR) is 103 cm³/mol. The second kappa shape index (κ2) is 8.46. The summed E-state index contributed by atoms with van der Waals surface area (Å²) < 4.78 is 10.3. The van der Waals surface area contributed by atoms with Gasteiger partial charge in [-0.25, -0.2) is 0 Å². The van der Waals surface area contributed by atoms with Crippen molar-refractivity contribution in [1.29, 1.82) is 0 Å². The van der Waals surface area contributed by atoms with E-state index in [1.807, 2.05) is 30.3 Å². The van der Waals surface area contributed by atoms with Crippen molar-refractivity contribution in [1.82, 2.24) is 25.5 Å². The van der Waals surface area contributed by atoms with Crippen LogP contribution in [0.1, 0.15) is 23.7 Å². The first-order chi connectivity index (χ1) is 14.5. The molecule has 0 spiro atoms. The molecule has 2 N–H and O–H groups in total. The fourth-order valence-electron chi connectivity index (χ4n) is 3.40. The molecule has 10 heteroatoms. The normalized spacial score (nSPS) is 18.5. The molecule has 0 saturated carbocycles. The summed E-state index contributed by atoms with van der Waals surface area (Å²) in [4.78, 5) is 30.9. The molecule has 156 valence electrons. The molecule has 0 bridgehead atoms. The molecule has 0 aliphatic carbocycles. The van der Waals surface area contributed by atoms with Crippen LogP contribution in [0.3, 0.4) is 0 Å². The Bertz CT molecular complexity index is 1030. The molecule has 1 aliphatic heterocycles. The van der Waals surface area contributed by atoms with E-state index in [0.29, 0.717) is 23.2 Å². The molecule has 0 radical (unpaired) electrons. The van der Waals surface area contributed by atoms with E-state index < -0.39 is 12.1 Å². The lowest BCUT2D eigenvalue weighted by Crippen LogP contribution is -2.46. The van der Waals surface area contributed by atoms with Gasteiger partial charge in [-0.3, -0.25) is 9.59 Å². The minimum Gasteiger partial charge on any atom is -0.391 e. The number of rotatable bonds is 6. The first-order valence-corrected chi connectivity index (χ1v) is 9.55. The van der Waals surface area contributed by atoms with E-state index >= 15 is 0 Å². The average molecular weight is 411 g/mol. The molecular weight excluding hydrogens is 390 g/mol. The zero-order valence-corrected chi connectivity index (χ0v) is 16.3. The maximum absolute atomic E-state index is 12.7. The minimum absolute atomic E-state index is 0.0252. The van der Waals surface area contributed by atoms with Gasteiger partial charge in [0, 0.05) is 24.6 Å². The van der Waals surface area contributed by atoms with Gasteiger partial charge in [-0.2, -0.15) is 4.98 Å². The van der Waals surface area contributed by atoms with Crippen molar-refractivity contribution in [2.75, 3.05) is 6.54 Å². The number of aryl methyl sites for hydroxylation is 1. The van der Waals surface area contributed by atoms with E-state index in [0.717, 1.165) is 5.56 Å². The molecular formula is C20H21N5O5. The number of hydrogen-bond acceptors (Lipinski definition) is 8. The SMILES string of the molecule is Cc1cc(CC(=O)N2CC(O)CC2C(=O)NCc2noc(-c3ccccc3)n2)on1. The lowest BCUT2D eigenvalue weighted by Gasteiger charge is -2.23. The lowest BCUT2D eigenvalue weighted by atomic mass is 10.1. The van der Waals surface area contributed by atoms with Gasteiger partial charge in [0.25, 0.3) is 5.89 Å². The Labute approximate surface area is 171 Å². The number of aliphatic hydroxyl groups is 1. The third-order valence-electron chi connectivity index (χ3n) is 4.81. The van der Waals surface area contributed by atoms with Crippen LogP contribution in [0, 0.1) is 6.92 Å². The Morgan fingerprint density at radius 3 is 2.77 bits per heavy atom. The number of aliphatic hydroxyl groups excluding tert-OH is 1. The van der Waals surface area contributed by atoms with Gasteiger partial charge in [-0.1, -0.05) is 28.5 Å². The largest absolute Gasteiger partial charge is 0.391 e. The summed E-state index contributed by atoms with van der Waals surface area (Å²) in [6.45, 7) is 1.89. The van der Waals surface area contributed by atoms with E-state index in [1.165, 1.54) is 4.90 Å². The highest BCUT2D eigenvalue weighted by Crippen LogP contribution is 2.20. The van der Waals surface area contributed by atoms with E-state index in [9.17, 15) is 14.7 Å². The second-order valence-electron chi connectivity index (χ2n) is 7.16. The summed E-state index contributed by atoms with van der Waals surface area (Å²) in [6, 6.07) is 10.2.